The van der Waals surface area contributed by atoms with Crippen molar-refractivity contribution in [3.8, 4) is 0 Å². The van der Waals surface area contributed by atoms with Crippen LogP contribution in [0.2, 0.25) is 0 Å². The lowest BCUT2D eigenvalue weighted by molar-refractivity contribution is 0.419. The van der Waals surface area contributed by atoms with Crippen LogP contribution in [0.4, 0.5) is 11.4 Å². The molecule has 0 bridgehead atoms. The molecule has 2 aromatic rings. The highest BCUT2D eigenvalue weighted by molar-refractivity contribution is 7.92. The molecule has 0 amide bonds. The molecule has 0 heterocycles. The summed E-state index contributed by atoms with van der Waals surface area (Å²) in [5.74, 6) is 0. The van der Waals surface area contributed by atoms with Crippen molar-refractivity contribution in [2.45, 2.75) is 4.90 Å². The van der Waals surface area contributed by atoms with Gasteiger partial charge in [0.15, 0.2) is 0 Å². The summed E-state index contributed by atoms with van der Waals surface area (Å²) < 4.78 is 27.2. The predicted molar refractivity (Wildman–Crippen MR) is 90.4 cm³/mol. The fourth-order valence-corrected chi connectivity index (χ4v) is 3.52. The highest BCUT2D eigenvalue weighted by Gasteiger charge is 2.24. The zero-order valence-electron chi connectivity index (χ0n) is 12.8. The molecule has 0 aliphatic heterocycles. The van der Waals surface area contributed by atoms with Gasteiger partial charge in [0.25, 0.3) is 10.0 Å². The van der Waals surface area contributed by atoms with Crippen LogP contribution in [-0.4, -0.2) is 40.5 Å². The van der Waals surface area contributed by atoms with Crippen LogP contribution < -0.4 is 10.0 Å². The van der Waals surface area contributed by atoms with E-state index in [2.05, 4.69) is 0 Å². The van der Waals surface area contributed by atoms with E-state index in [1.54, 1.807) is 54.6 Å². The summed E-state index contributed by atoms with van der Waals surface area (Å²) >= 11 is 0. The first-order chi connectivity index (χ1) is 10.4. The first-order valence-electron chi connectivity index (χ1n) is 6.99. The zero-order valence-corrected chi connectivity index (χ0v) is 13.6. The molecule has 0 saturated heterocycles. The van der Waals surface area contributed by atoms with Gasteiger partial charge in [-0.3, -0.25) is 4.31 Å². The fourth-order valence-electron chi connectivity index (χ4n) is 2.04. The van der Waals surface area contributed by atoms with Crippen LogP contribution in [0, 0.1) is 0 Å². The van der Waals surface area contributed by atoms with E-state index in [0.29, 0.717) is 24.5 Å². The number of likely N-dealkylation sites (N-methyl/N-ethyl adjacent to an activating group) is 1. The van der Waals surface area contributed by atoms with E-state index in [-0.39, 0.29) is 4.90 Å². The second-order valence-corrected chi connectivity index (χ2v) is 7.15. The van der Waals surface area contributed by atoms with E-state index in [4.69, 9.17) is 5.73 Å². The molecule has 0 atom stereocenters. The molecule has 22 heavy (non-hydrogen) atoms. The summed E-state index contributed by atoms with van der Waals surface area (Å²) in [7, 11) is 0.229. The van der Waals surface area contributed by atoms with Crippen LogP contribution in [0.1, 0.15) is 0 Å². The van der Waals surface area contributed by atoms with E-state index in [0.717, 1.165) is 0 Å². The van der Waals surface area contributed by atoms with Gasteiger partial charge in [0, 0.05) is 18.8 Å². The van der Waals surface area contributed by atoms with Gasteiger partial charge in [0.05, 0.1) is 10.6 Å². The minimum Gasteiger partial charge on any atom is -0.399 e. The van der Waals surface area contributed by atoms with Crippen LogP contribution in [0.3, 0.4) is 0 Å². The van der Waals surface area contributed by atoms with Crippen molar-refractivity contribution in [3.63, 3.8) is 0 Å². The lowest BCUT2D eigenvalue weighted by atomic mass is 10.3. The van der Waals surface area contributed by atoms with E-state index in [1.807, 2.05) is 19.0 Å². The minimum absolute atomic E-state index is 0.283. The molecule has 5 nitrogen and oxygen atoms in total. The number of nitrogens with zero attached hydrogens (tertiary/aromatic N) is 2. The van der Waals surface area contributed by atoms with Gasteiger partial charge in [-0.15, -0.1) is 0 Å². The molecule has 6 heteroatoms. The molecule has 118 valence electrons. The lowest BCUT2D eigenvalue weighted by Crippen LogP contribution is -2.36. The number of hydrogen-bond donors (Lipinski definition) is 1. The summed E-state index contributed by atoms with van der Waals surface area (Å²) in [6.07, 6.45) is 0. The smallest absolute Gasteiger partial charge is 0.264 e. The minimum atomic E-state index is -3.60. The topological polar surface area (TPSA) is 66.6 Å². The van der Waals surface area contributed by atoms with Gasteiger partial charge < -0.3 is 10.6 Å². The molecule has 0 saturated carbocycles. The maximum atomic E-state index is 12.9. The number of rotatable bonds is 6. The first kappa shape index (κ1) is 16.3. The molecule has 0 unspecified atom stereocenters. The van der Waals surface area contributed by atoms with Crippen molar-refractivity contribution < 1.29 is 8.42 Å². The summed E-state index contributed by atoms with van der Waals surface area (Å²) in [5, 5.41) is 0. The Hall–Kier alpha value is -2.05. The second-order valence-electron chi connectivity index (χ2n) is 5.29. The molecule has 0 aromatic heterocycles. The first-order valence-corrected chi connectivity index (χ1v) is 8.43. The van der Waals surface area contributed by atoms with Crippen molar-refractivity contribution in [1.82, 2.24) is 4.90 Å². The maximum absolute atomic E-state index is 12.9. The Kier molecular flexibility index (Phi) is 5.05. The quantitative estimate of drug-likeness (QED) is 0.827. The molecule has 2 N–H and O–H groups in total. The Morgan fingerprint density at radius 3 is 2.05 bits per heavy atom. The van der Waals surface area contributed by atoms with Gasteiger partial charge in [-0.25, -0.2) is 8.42 Å². The van der Waals surface area contributed by atoms with Crippen LogP contribution in [0.25, 0.3) is 0 Å². The number of benzene rings is 2. The number of nitrogens with two attached hydrogens (primary N) is 1. The van der Waals surface area contributed by atoms with Gasteiger partial charge in [0.1, 0.15) is 0 Å². The molecule has 0 fully saturated rings. The molecular weight excluding hydrogens is 298 g/mol. The Bertz CT molecular complexity index is 698. The maximum Gasteiger partial charge on any atom is 0.264 e. The third-order valence-corrected chi connectivity index (χ3v) is 5.10. The molecular formula is C16H21N3O2S. The molecule has 0 radical (unpaired) electrons. The summed E-state index contributed by atoms with van der Waals surface area (Å²) in [6.45, 7) is 0.991. The van der Waals surface area contributed by atoms with Crippen LogP contribution in [0.15, 0.2) is 59.5 Å². The average Bonchev–Trinajstić information content (AvgIpc) is 2.49. The molecule has 0 spiro atoms. The highest BCUT2D eigenvalue weighted by Crippen LogP contribution is 2.24. The van der Waals surface area contributed by atoms with E-state index in [9.17, 15) is 8.42 Å². The largest absolute Gasteiger partial charge is 0.399 e. The molecule has 0 aliphatic rings. The third kappa shape index (κ3) is 3.78. The summed E-state index contributed by atoms with van der Waals surface area (Å²) in [4.78, 5) is 2.23. The Balaban J connectivity index is 2.41. The van der Waals surface area contributed by atoms with Crippen molar-refractivity contribution in [2.75, 3.05) is 37.2 Å². The Morgan fingerprint density at radius 2 is 1.50 bits per heavy atom. The zero-order chi connectivity index (χ0) is 16.2. The molecule has 2 rings (SSSR count). The normalized spacial score (nSPS) is 11.6. The monoisotopic (exact) mass is 319 g/mol. The van der Waals surface area contributed by atoms with E-state index >= 15 is 0 Å². The van der Waals surface area contributed by atoms with E-state index in [1.165, 1.54) is 4.31 Å². The van der Waals surface area contributed by atoms with Gasteiger partial charge >= 0.3 is 0 Å². The van der Waals surface area contributed by atoms with Crippen molar-refractivity contribution in [3.05, 3.63) is 54.6 Å². The summed E-state index contributed by atoms with van der Waals surface area (Å²) in [6, 6.07) is 15.3. The Morgan fingerprint density at radius 1 is 0.909 bits per heavy atom. The number of sulfonamides is 1. The molecule has 0 aliphatic carbocycles. The van der Waals surface area contributed by atoms with Gasteiger partial charge in [-0.2, -0.15) is 0 Å². The van der Waals surface area contributed by atoms with Crippen molar-refractivity contribution >= 4 is 21.4 Å². The number of hydrogen-bond acceptors (Lipinski definition) is 4. The molecule has 2 aromatic carbocycles. The van der Waals surface area contributed by atoms with Gasteiger partial charge in [0.2, 0.25) is 0 Å². The second kappa shape index (κ2) is 6.81. The van der Waals surface area contributed by atoms with E-state index < -0.39 is 10.0 Å². The predicted octanol–water partition coefficient (Wildman–Crippen LogP) is 2.03. The number of nitrogen functional groups attached to an aromatic ring is 1. The number of anilines is 2. The standard InChI is InChI=1S/C16H21N3O2S/c1-18(2)12-13-19(15-10-8-14(17)9-11-15)22(20,21)16-6-4-3-5-7-16/h3-11H,12-13,17H2,1-2H3. The lowest BCUT2D eigenvalue weighted by Gasteiger charge is -2.26. The van der Waals surface area contributed by atoms with Crippen LogP contribution in [0.5, 0.6) is 0 Å². The van der Waals surface area contributed by atoms with Crippen molar-refractivity contribution in [1.29, 1.82) is 0 Å². The van der Waals surface area contributed by atoms with Gasteiger partial charge in [-0.05, 0) is 50.5 Å². The van der Waals surface area contributed by atoms with Gasteiger partial charge in [-0.1, -0.05) is 18.2 Å². The SMILES string of the molecule is CN(C)CCN(c1ccc(N)cc1)S(=O)(=O)c1ccccc1. The van der Waals surface area contributed by atoms with Crippen molar-refractivity contribution in [2.24, 2.45) is 0 Å². The highest BCUT2D eigenvalue weighted by atomic mass is 32.2. The summed E-state index contributed by atoms with van der Waals surface area (Å²) in [5.41, 5.74) is 6.91. The third-order valence-electron chi connectivity index (χ3n) is 3.26. The van der Waals surface area contributed by atoms with Crippen LogP contribution in [-0.2, 0) is 10.0 Å². The van der Waals surface area contributed by atoms with Crippen LogP contribution >= 0.6 is 0 Å². The average molecular weight is 319 g/mol. The Labute approximate surface area is 132 Å². The fraction of sp³-hybridized carbons (Fsp3) is 0.250.